The van der Waals surface area contributed by atoms with Gasteiger partial charge in [0.25, 0.3) is 0 Å². The first-order chi connectivity index (χ1) is 12.5. The molecule has 6 heteroatoms. The van der Waals surface area contributed by atoms with Gasteiger partial charge in [0.1, 0.15) is 12.2 Å². The molecule has 0 radical (unpaired) electrons. The Labute approximate surface area is 151 Å². The van der Waals surface area contributed by atoms with Crippen LogP contribution in [0.2, 0.25) is 0 Å². The van der Waals surface area contributed by atoms with Crippen molar-refractivity contribution >= 4 is 11.9 Å². The van der Waals surface area contributed by atoms with E-state index < -0.39 is 10.8 Å². The fourth-order valence-corrected chi connectivity index (χ4v) is 6.15. The summed E-state index contributed by atoms with van der Waals surface area (Å²) in [5, 5.41) is 10.4. The van der Waals surface area contributed by atoms with Crippen molar-refractivity contribution in [1.82, 2.24) is 0 Å². The monoisotopic (exact) mass is 358 g/mol. The highest BCUT2D eigenvalue weighted by atomic mass is 16.6. The molecule has 0 aromatic carbocycles. The van der Waals surface area contributed by atoms with Crippen molar-refractivity contribution in [1.29, 1.82) is 0 Å². The van der Waals surface area contributed by atoms with E-state index in [0.717, 1.165) is 12.0 Å². The molecule has 26 heavy (non-hydrogen) atoms. The number of esters is 2. The van der Waals surface area contributed by atoms with E-state index in [-0.39, 0.29) is 42.6 Å². The topological polar surface area (TPSA) is 86.0 Å². The van der Waals surface area contributed by atoms with E-state index in [4.69, 9.17) is 13.9 Å². The van der Waals surface area contributed by atoms with E-state index in [1.165, 1.54) is 0 Å². The molecule has 6 nitrogen and oxygen atoms in total. The summed E-state index contributed by atoms with van der Waals surface area (Å²) in [6, 6.07) is 1.82. The van der Waals surface area contributed by atoms with E-state index in [1.54, 1.807) is 12.5 Å². The number of aliphatic hydroxyl groups is 1. The minimum Gasteiger partial charge on any atom is -0.472 e. The van der Waals surface area contributed by atoms with Crippen LogP contribution in [0.3, 0.4) is 0 Å². The number of fused-ring (bicyclic) bond motifs is 1. The number of allylic oxidation sites excluding steroid dienone is 1. The zero-order valence-corrected chi connectivity index (χ0v) is 14.6. The Morgan fingerprint density at radius 2 is 2.15 bits per heavy atom. The molecule has 1 aromatic rings. The average Bonchev–Trinajstić information content (AvgIpc) is 3.33. The fourth-order valence-electron chi connectivity index (χ4n) is 6.15. The lowest BCUT2D eigenvalue weighted by atomic mass is 9.45. The minimum atomic E-state index is -0.786. The third kappa shape index (κ3) is 1.71. The number of rotatable bonds is 2. The molecule has 2 aliphatic carbocycles. The lowest BCUT2D eigenvalue weighted by molar-refractivity contribution is -0.174. The molecule has 6 atom stereocenters. The second kappa shape index (κ2) is 5.22. The Morgan fingerprint density at radius 1 is 1.31 bits per heavy atom. The van der Waals surface area contributed by atoms with E-state index in [0.29, 0.717) is 24.8 Å². The van der Waals surface area contributed by atoms with Crippen molar-refractivity contribution < 1.29 is 28.6 Å². The van der Waals surface area contributed by atoms with Gasteiger partial charge in [0, 0.05) is 17.6 Å². The molecular weight excluding hydrogens is 336 g/mol. The molecule has 3 fully saturated rings. The fraction of sp³-hybridized carbons (Fsp3) is 0.600. The van der Waals surface area contributed by atoms with Crippen molar-refractivity contribution in [3.63, 3.8) is 0 Å². The van der Waals surface area contributed by atoms with E-state index in [9.17, 15) is 14.7 Å². The first-order valence-electron chi connectivity index (χ1n) is 9.29. The van der Waals surface area contributed by atoms with Gasteiger partial charge in [-0.25, -0.2) is 4.79 Å². The van der Waals surface area contributed by atoms with Crippen molar-refractivity contribution in [2.45, 2.75) is 44.8 Å². The highest BCUT2D eigenvalue weighted by Crippen LogP contribution is 2.68. The van der Waals surface area contributed by atoms with Crippen molar-refractivity contribution in [3.05, 3.63) is 35.8 Å². The zero-order chi connectivity index (χ0) is 18.1. The number of furan rings is 1. The minimum absolute atomic E-state index is 0.00632. The second-order valence-corrected chi connectivity index (χ2v) is 8.17. The van der Waals surface area contributed by atoms with Crippen LogP contribution < -0.4 is 0 Å². The SMILES string of the molecule is C[C@@H]1C[C@H]2OC(=O)C3=CCC[C@@H]([C@@]14C[C@@H](c1ccoc1)OC4=O)[C@]32CO. The van der Waals surface area contributed by atoms with Crippen molar-refractivity contribution in [2.75, 3.05) is 6.61 Å². The third-order valence-corrected chi connectivity index (χ3v) is 7.37. The molecule has 2 saturated heterocycles. The molecule has 0 bridgehead atoms. The first-order valence-corrected chi connectivity index (χ1v) is 9.29. The number of hydrogen-bond acceptors (Lipinski definition) is 6. The molecular formula is C20H22O6. The van der Waals surface area contributed by atoms with Crippen LogP contribution in [-0.2, 0) is 19.1 Å². The molecule has 1 spiro atoms. The van der Waals surface area contributed by atoms with Gasteiger partial charge in [0.05, 0.1) is 30.0 Å². The Morgan fingerprint density at radius 3 is 2.88 bits per heavy atom. The number of hydrogen-bond donors (Lipinski definition) is 1. The number of ether oxygens (including phenoxy) is 2. The number of carbonyl (C=O) groups excluding carboxylic acids is 2. The summed E-state index contributed by atoms with van der Waals surface area (Å²) in [7, 11) is 0. The number of cyclic esters (lactones) is 1. The predicted molar refractivity (Wildman–Crippen MR) is 88.6 cm³/mol. The van der Waals surface area contributed by atoms with Gasteiger partial charge in [-0.2, -0.15) is 0 Å². The summed E-state index contributed by atoms with van der Waals surface area (Å²) < 4.78 is 16.6. The number of aliphatic hydroxyl groups excluding tert-OH is 1. The van der Waals surface area contributed by atoms with Gasteiger partial charge in [-0.15, -0.1) is 0 Å². The Hall–Kier alpha value is -2.08. The zero-order valence-electron chi connectivity index (χ0n) is 14.6. The first kappa shape index (κ1) is 16.1. The van der Waals surface area contributed by atoms with Crippen LogP contribution in [-0.4, -0.2) is 29.8 Å². The smallest absolute Gasteiger partial charge is 0.334 e. The van der Waals surface area contributed by atoms with Crippen LogP contribution >= 0.6 is 0 Å². The summed E-state index contributed by atoms with van der Waals surface area (Å²) >= 11 is 0. The lowest BCUT2D eigenvalue weighted by Gasteiger charge is -2.55. The maximum Gasteiger partial charge on any atom is 0.334 e. The summed E-state index contributed by atoms with van der Waals surface area (Å²) in [5.41, 5.74) is -0.0825. The lowest BCUT2D eigenvalue weighted by Crippen LogP contribution is -2.60. The van der Waals surface area contributed by atoms with Crippen LogP contribution in [0.1, 0.15) is 44.3 Å². The van der Waals surface area contributed by atoms with Gasteiger partial charge in [-0.3, -0.25) is 4.79 Å². The van der Waals surface area contributed by atoms with Gasteiger partial charge < -0.3 is 19.0 Å². The predicted octanol–water partition coefficient (Wildman–Crippen LogP) is 2.53. The summed E-state index contributed by atoms with van der Waals surface area (Å²) in [4.78, 5) is 25.6. The van der Waals surface area contributed by atoms with Gasteiger partial charge in [-0.1, -0.05) is 13.0 Å². The maximum absolute atomic E-state index is 13.2. The van der Waals surface area contributed by atoms with Crippen LogP contribution in [0.15, 0.2) is 34.7 Å². The molecule has 138 valence electrons. The Kier molecular flexibility index (Phi) is 3.24. The molecule has 1 saturated carbocycles. The largest absolute Gasteiger partial charge is 0.472 e. The molecule has 1 N–H and O–H groups in total. The Balaban J connectivity index is 1.63. The van der Waals surface area contributed by atoms with Crippen LogP contribution in [0, 0.1) is 22.7 Å². The molecule has 4 aliphatic rings. The van der Waals surface area contributed by atoms with Crippen LogP contribution in [0.5, 0.6) is 0 Å². The van der Waals surface area contributed by atoms with Crippen molar-refractivity contribution in [2.24, 2.45) is 22.7 Å². The third-order valence-electron chi connectivity index (χ3n) is 7.37. The van der Waals surface area contributed by atoms with Gasteiger partial charge in [0.2, 0.25) is 0 Å². The molecule has 5 rings (SSSR count). The quantitative estimate of drug-likeness (QED) is 0.818. The second-order valence-electron chi connectivity index (χ2n) is 8.17. The van der Waals surface area contributed by atoms with E-state index in [2.05, 4.69) is 0 Å². The normalized spacial score (nSPS) is 43.8. The van der Waals surface area contributed by atoms with Crippen LogP contribution in [0.4, 0.5) is 0 Å². The molecule has 2 aliphatic heterocycles. The highest BCUT2D eigenvalue weighted by molar-refractivity contribution is 5.94. The average molecular weight is 358 g/mol. The van der Waals surface area contributed by atoms with E-state index >= 15 is 0 Å². The van der Waals surface area contributed by atoms with E-state index in [1.807, 2.05) is 19.1 Å². The molecule has 3 heterocycles. The van der Waals surface area contributed by atoms with Gasteiger partial charge in [-0.05, 0) is 37.2 Å². The number of carbonyl (C=O) groups is 2. The molecule has 1 aromatic heterocycles. The standard InChI is InChI=1S/C20H22O6/c1-11-7-16-20(10-21)13(17(22)26-16)3-2-4-15(20)19(11)8-14(25-18(19)23)12-5-6-24-9-12/h3,5-6,9,11,14-16,21H,2,4,7-8,10H2,1H3/t11-,14+,15+,16-,19-,20+/m1/s1. The summed E-state index contributed by atoms with van der Waals surface area (Å²) in [5.74, 6) is -0.708. The Bertz CT molecular complexity index is 795. The molecule has 0 amide bonds. The van der Waals surface area contributed by atoms with Gasteiger partial charge >= 0.3 is 11.9 Å². The molecule has 0 unspecified atom stereocenters. The van der Waals surface area contributed by atoms with Gasteiger partial charge in [0.15, 0.2) is 0 Å². The summed E-state index contributed by atoms with van der Waals surface area (Å²) in [6.45, 7) is 1.86. The highest BCUT2D eigenvalue weighted by Gasteiger charge is 2.72. The summed E-state index contributed by atoms with van der Waals surface area (Å²) in [6.07, 6.45) is 6.95. The van der Waals surface area contributed by atoms with Crippen LogP contribution in [0.25, 0.3) is 0 Å². The van der Waals surface area contributed by atoms with Crippen molar-refractivity contribution in [3.8, 4) is 0 Å². The maximum atomic E-state index is 13.2.